The molecule has 0 aromatic rings. The first-order valence-electron chi connectivity index (χ1n) is 4.80. The largest absolute Gasteiger partial charge is 0.371 e. The standard InChI is InChI=1S/C10H18O4/c1-7-6-13-10(2,3)14-9(7)8(5-11)12-4/h5,7-9H,6H2,1-4H3/t7-,8-,9+/m0/s1. The maximum Gasteiger partial charge on any atom is 0.163 e. The quantitative estimate of drug-likeness (QED) is 0.640. The lowest BCUT2D eigenvalue weighted by Crippen LogP contribution is -2.50. The number of aldehydes is 1. The summed E-state index contributed by atoms with van der Waals surface area (Å²) in [5, 5.41) is 0. The molecule has 0 N–H and O–H groups in total. The maximum atomic E-state index is 10.7. The fourth-order valence-electron chi connectivity index (χ4n) is 1.56. The first-order valence-corrected chi connectivity index (χ1v) is 4.80. The van der Waals surface area contributed by atoms with Gasteiger partial charge in [0.2, 0.25) is 0 Å². The summed E-state index contributed by atoms with van der Waals surface area (Å²) in [6.07, 6.45) is 0.0529. The Bertz CT molecular complexity index is 202. The molecule has 0 spiro atoms. The average molecular weight is 202 g/mol. The number of rotatable bonds is 3. The highest BCUT2D eigenvalue weighted by atomic mass is 16.7. The molecule has 0 bridgehead atoms. The predicted molar refractivity (Wildman–Crippen MR) is 50.9 cm³/mol. The molecule has 4 nitrogen and oxygen atoms in total. The van der Waals surface area contributed by atoms with E-state index < -0.39 is 11.9 Å². The fourth-order valence-corrected chi connectivity index (χ4v) is 1.56. The average Bonchev–Trinajstić information content (AvgIpc) is 2.13. The summed E-state index contributed by atoms with van der Waals surface area (Å²) in [5.41, 5.74) is 0. The van der Waals surface area contributed by atoms with Crippen molar-refractivity contribution in [2.75, 3.05) is 13.7 Å². The number of carbonyl (C=O) groups excluding carboxylic acids is 1. The van der Waals surface area contributed by atoms with Crippen LogP contribution >= 0.6 is 0 Å². The Morgan fingerprint density at radius 1 is 1.57 bits per heavy atom. The van der Waals surface area contributed by atoms with Crippen LogP contribution in [0.25, 0.3) is 0 Å². The van der Waals surface area contributed by atoms with Crippen LogP contribution in [-0.4, -0.2) is 38.0 Å². The molecule has 1 fully saturated rings. The van der Waals surface area contributed by atoms with E-state index >= 15 is 0 Å². The molecule has 1 heterocycles. The summed E-state index contributed by atoms with van der Waals surface area (Å²) in [5.74, 6) is -0.463. The van der Waals surface area contributed by atoms with Gasteiger partial charge in [-0.25, -0.2) is 0 Å². The topological polar surface area (TPSA) is 44.8 Å². The molecule has 3 atom stereocenters. The van der Waals surface area contributed by atoms with Crippen molar-refractivity contribution in [1.29, 1.82) is 0 Å². The van der Waals surface area contributed by atoms with Crippen molar-refractivity contribution in [2.24, 2.45) is 5.92 Å². The van der Waals surface area contributed by atoms with Gasteiger partial charge in [-0.15, -0.1) is 0 Å². The minimum absolute atomic E-state index is 0.165. The minimum Gasteiger partial charge on any atom is -0.371 e. The van der Waals surface area contributed by atoms with Crippen LogP contribution in [0.2, 0.25) is 0 Å². The molecule has 1 aliphatic rings. The van der Waals surface area contributed by atoms with Gasteiger partial charge in [0.25, 0.3) is 0 Å². The van der Waals surface area contributed by atoms with Crippen LogP contribution in [0, 0.1) is 5.92 Å². The van der Waals surface area contributed by atoms with Crippen molar-refractivity contribution in [3.05, 3.63) is 0 Å². The van der Waals surface area contributed by atoms with E-state index in [1.165, 1.54) is 7.11 Å². The molecular weight excluding hydrogens is 184 g/mol. The van der Waals surface area contributed by atoms with Gasteiger partial charge in [0.1, 0.15) is 6.10 Å². The molecule has 1 aliphatic heterocycles. The van der Waals surface area contributed by atoms with Crippen LogP contribution in [0.15, 0.2) is 0 Å². The van der Waals surface area contributed by atoms with Crippen LogP contribution in [-0.2, 0) is 19.0 Å². The Labute approximate surface area is 84.5 Å². The molecule has 0 aromatic carbocycles. The van der Waals surface area contributed by atoms with Crippen molar-refractivity contribution in [3.8, 4) is 0 Å². The lowest BCUT2D eigenvalue weighted by Gasteiger charge is -2.41. The van der Waals surface area contributed by atoms with E-state index in [0.717, 1.165) is 6.29 Å². The summed E-state index contributed by atoms with van der Waals surface area (Å²) in [6.45, 7) is 6.24. The second-order valence-electron chi connectivity index (χ2n) is 4.11. The zero-order valence-corrected chi connectivity index (χ0v) is 9.15. The molecular formula is C10H18O4. The Hall–Kier alpha value is -0.450. The Balaban J connectivity index is 2.69. The van der Waals surface area contributed by atoms with Crippen molar-refractivity contribution in [1.82, 2.24) is 0 Å². The summed E-state index contributed by atoms with van der Waals surface area (Å²) in [6, 6.07) is 0. The molecule has 4 heteroatoms. The summed E-state index contributed by atoms with van der Waals surface area (Å²) in [7, 11) is 1.51. The lowest BCUT2D eigenvalue weighted by molar-refractivity contribution is -0.303. The predicted octanol–water partition coefficient (Wildman–Crippen LogP) is 0.988. The summed E-state index contributed by atoms with van der Waals surface area (Å²) in [4.78, 5) is 10.7. The monoisotopic (exact) mass is 202 g/mol. The van der Waals surface area contributed by atoms with E-state index in [2.05, 4.69) is 0 Å². The van der Waals surface area contributed by atoms with Crippen molar-refractivity contribution in [2.45, 2.75) is 38.8 Å². The molecule has 82 valence electrons. The van der Waals surface area contributed by atoms with Gasteiger partial charge in [0.15, 0.2) is 12.1 Å². The van der Waals surface area contributed by atoms with E-state index in [9.17, 15) is 4.79 Å². The molecule has 0 radical (unpaired) electrons. The highest BCUT2D eigenvalue weighted by Crippen LogP contribution is 2.28. The van der Waals surface area contributed by atoms with Gasteiger partial charge in [-0.3, -0.25) is 0 Å². The van der Waals surface area contributed by atoms with E-state index in [1.54, 1.807) is 0 Å². The second kappa shape index (κ2) is 4.38. The van der Waals surface area contributed by atoms with Gasteiger partial charge in [0.05, 0.1) is 12.7 Å². The van der Waals surface area contributed by atoms with E-state index in [4.69, 9.17) is 14.2 Å². The molecule has 0 unspecified atom stereocenters. The fraction of sp³-hybridized carbons (Fsp3) is 0.900. The van der Waals surface area contributed by atoms with Crippen LogP contribution in [0.4, 0.5) is 0 Å². The van der Waals surface area contributed by atoms with Crippen LogP contribution in [0.5, 0.6) is 0 Å². The summed E-state index contributed by atoms with van der Waals surface area (Å²) < 4.78 is 16.2. The van der Waals surface area contributed by atoms with Crippen molar-refractivity contribution in [3.63, 3.8) is 0 Å². The van der Waals surface area contributed by atoms with Crippen LogP contribution in [0.1, 0.15) is 20.8 Å². The van der Waals surface area contributed by atoms with E-state index in [1.807, 2.05) is 20.8 Å². The molecule has 1 saturated heterocycles. The molecule has 14 heavy (non-hydrogen) atoms. The highest BCUT2D eigenvalue weighted by molar-refractivity contribution is 5.57. The first kappa shape index (κ1) is 11.6. The smallest absolute Gasteiger partial charge is 0.163 e. The normalized spacial score (nSPS) is 33.7. The van der Waals surface area contributed by atoms with Crippen LogP contribution < -0.4 is 0 Å². The van der Waals surface area contributed by atoms with Gasteiger partial charge in [-0.05, 0) is 13.8 Å². The SMILES string of the molecule is CO[C@@H](C=O)[C@@H]1OC(C)(C)OC[C@@H]1C. The number of methoxy groups -OCH3 is 1. The lowest BCUT2D eigenvalue weighted by atomic mass is 9.99. The number of hydrogen-bond donors (Lipinski definition) is 0. The van der Waals surface area contributed by atoms with Gasteiger partial charge in [0, 0.05) is 13.0 Å². The number of hydrogen-bond acceptors (Lipinski definition) is 4. The van der Waals surface area contributed by atoms with E-state index in [-0.39, 0.29) is 12.0 Å². The zero-order valence-electron chi connectivity index (χ0n) is 9.15. The van der Waals surface area contributed by atoms with Crippen molar-refractivity contribution >= 4 is 6.29 Å². The Kier molecular flexibility index (Phi) is 3.64. The molecule has 0 amide bonds. The van der Waals surface area contributed by atoms with Gasteiger partial charge >= 0.3 is 0 Å². The molecule has 1 rings (SSSR count). The van der Waals surface area contributed by atoms with Crippen molar-refractivity contribution < 1.29 is 19.0 Å². The third kappa shape index (κ3) is 2.53. The third-order valence-corrected chi connectivity index (χ3v) is 2.40. The van der Waals surface area contributed by atoms with Gasteiger partial charge in [-0.2, -0.15) is 0 Å². The van der Waals surface area contributed by atoms with E-state index in [0.29, 0.717) is 6.61 Å². The van der Waals surface area contributed by atoms with Gasteiger partial charge in [-0.1, -0.05) is 6.92 Å². The minimum atomic E-state index is -0.628. The molecule has 0 saturated carbocycles. The first-order chi connectivity index (χ1) is 6.50. The maximum absolute atomic E-state index is 10.7. The summed E-state index contributed by atoms with van der Waals surface area (Å²) >= 11 is 0. The number of ether oxygens (including phenoxy) is 3. The third-order valence-electron chi connectivity index (χ3n) is 2.40. The Morgan fingerprint density at radius 2 is 2.21 bits per heavy atom. The Morgan fingerprint density at radius 3 is 2.71 bits per heavy atom. The number of carbonyl (C=O) groups is 1. The second-order valence-corrected chi connectivity index (χ2v) is 4.11. The zero-order chi connectivity index (χ0) is 10.8. The van der Waals surface area contributed by atoms with Crippen LogP contribution in [0.3, 0.4) is 0 Å². The highest BCUT2D eigenvalue weighted by Gasteiger charge is 2.38. The van der Waals surface area contributed by atoms with Gasteiger partial charge < -0.3 is 19.0 Å². The molecule has 0 aliphatic carbocycles. The molecule has 0 aromatic heterocycles.